The second kappa shape index (κ2) is 4.98. The summed E-state index contributed by atoms with van der Waals surface area (Å²) in [6, 6.07) is 8.69. The Hall–Kier alpha value is -1.62. The monoisotopic (exact) mass is 354 g/mol. The van der Waals surface area contributed by atoms with E-state index in [4.69, 9.17) is 0 Å². The molecular weight excluding hydrogens is 345 g/mol. The van der Waals surface area contributed by atoms with E-state index in [0.29, 0.717) is 29.5 Å². The predicted molar refractivity (Wildman–Crippen MR) is 76.4 cm³/mol. The molecule has 1 nitrogen and oxygen atoms in total. The van der Waals surface area contributed by atoms with Gasteiger partial charge in [-0.2, -0.15) is 13.2 Å². The highest BCUT2D eigenvalue weighted by atomic mass is 79.9. The van der Waals surface area contributed by atoms with Crippen LogP contribution in [0.2, 0.25) is 0 Å². The lowest BCUT2D eigenvalue weighted by atomic mass is 9.97. The van der Waals surface area contributed by atoms with E-state index >= 15 is 0 Å². The Morgan fingerprint density at radius 1 is 0.905 bits per heavy atom. The number of alkyl halides is 3. The second-order valence-corrected chi connectivity index (χ2v) is 5.92. The maximum atomic E-state index is 12.8. The smallest absolute Gasteiger partial charge is 0.289 e. The van der Waals surface area contributed by atoms with E-state index in [9.17, 15) is 18.0 Å². The van der Waals surface area contributed by atoms with Crippen molar-refractivity contribution >= 4 is 21.7 Å². The van der Waals surface area contributed by atoms with Gasteiger partial charge in [0.05, 0.1) is 5.56 Å². The van der Waals surface area contributed by atoms with Crippen molar-refractivity contribution in [1.29, 1.82) is 0 Å². The minimum Gasteiger partial charge on any atom is -0.289 e. The fraction of sp³-hybridized carbons (Fsp3) is 0.188. The van der Waals surface area contributed by atoms with Gasteiger partial charge in [0, 0.05) is 15.6 Å². The van der Waals surface area contributed by atoms with Gasteiger partial charge >= 0.3 is 6.18 Å². The number of carbonyl (C=O) groups excluding carboxylic acids is 1. The largest absolute Gasteiger partial charge is 0.416 e. The summed E-state index contributed by atoms with van der Waals surface area (Å²) in [7, 11) is 0. The summed E-state index contributed by atoms with van der Waals surface area (Å²) in [6.45, 7) is 0. The van der Waals surface area contributed by atoms with E-state index in [1.807, 2.05) is 6.07 Å². The highest BCUT2D eigenvalue weighted by molar-refractivity contribution is 9.10. The van der Waals surface area contributed by atoms with E-state index in [1.165, 1.54) is 6.07 Å². The first-order valence-electron chi connectivity index (χ1n) is 6.39. The van der Waals surface area contributed by atoms with Gasteiger partial charge in [-0.05, 0) is 54.3 Å². The first kappa shape index (κ1) is 14.3. The zero-order valence-electron chi connectivity index (χ0n) is 10.8. The summed E-state index contributed by atoms with van der Waals surface area (Å²) in [5, 5.41) is 0. The van der Waals surface area contributed by atoms with Crippen molar-refractivity contribution in [3.8, 4) is 0 Å². The Labute approximate surface area is 127 Å². The number of rotatable bonds is 0. The highest BCUT2D eigenvalue weighted by Gasteiger charge is 2.32. The lowest BCUT2D eigenvalue weighted by Crippen LogP contribution is -2.09. The third-order valence-electron chi connectivity index (χ3n) is 3.65. The van der Waals surface area contributed by atoms with Gasteiger partial charge in [0.2, 0.25) is 0 Å². The molecule has 5 heteroatoms. The van der Waals surface area contributed by atoms with Crippen LogP contribution in [0.4, 0.5) is 13.2 Å². The molecule has 1 aliphatic carbocycles. The Balaban J connectivity index is 2.11. The molecular formula is C16H10BrF3O. The van der Waals surface area contributed by atoms with Crippen molar-refractivity contribution in [3.63, 3.8) is 0 Å². The number of benzene rings is 2. The van der Waals surface area contributed by atoms with E-state index in [2.05, 4.69) is 15.9 Å². The number of hydrogen-bond acceptors (Lipinski definition) is 1. The third kappa shape index (κ3) is 2.62. The molecule has 0 saturated carbocycles. The maximum absolute atomic E-state index is 12.8. The van der Waals surface area contributed by atoms with Crippen LogP contribution >= 0.6 is 15.9 Å². The predicted octanol–water partition coefficient (Wildman–Crippen LogP) is 4.80. The normalized spacial score (nSPS) is 14.4. The Morgan fingerprint density at radius 3 is 2.10 bits per heavy atom. The van der Waals surface area contributed by atoms with Gasteiger partial charge in [-0.1, -0.05) is 22.0 Å². The lowest BCUT2D eigenvalue weighted by molar-refractivity contribution is -0.137. The molecule has 0 bridgehead atoms. The van der Waals surface area contributed by atoms with Crippen LogP contribution in [0.25, 0.3) is 0 Å². The zero-order chi connectivity index (χ0) is 15.2. The van der Waals surface area contributed by atoms with Gasteiger partial charge in [-0.15, -0.1) is 0 Å². The van der Waals surface area contributed by atoms with Crippen molar-refractivity contribution in [1.82, 2.24) is 0 Å². The van der Waals surface area contributed by atoms with Gasteiger partial charge < -0.3 is 0 Å². The molecule has 0 unspecified atom stereocenters. The van der Waals surface area contributed by atoms with Crippen LogP contribution in [0.3, 0.4) is 0 Å². The third-order valence-corrected chi connectivity index (χ3v) is 4.15. The SMILES string of the molecule is O=C1c2ccc(Br)cc2CCc2cc(C(F)(F)F)ccc21. The first-order chi connectivity index (χ1) is 9.86. The van der Waals surface area contributed by atoms with Gasteiger partial charge in [-0.25, -0.2) is 0 Å². The number of carbonyl (C=O) groups is 1. The molecule has 0 N–H and O–H groups in total. The molecule has 1 aliphatic rings. The van der Waals surface area contributed by atoms with Gasteiger partial charge in [0.1, 0.15) is 0 Å². The minimum atomic E-state index is -4.39. The van der Waals surface area contributed by atoms with Crippen molar-refractivity contribution < 1.29 is 18.0 Å². The van der Waals surface area contributed by atoms with Crippen LogP contribution in [0.5, 0.6) is 0 Å². The Kier molecular flexibility index (Phi) is 3.40. The van der Waals surface area contributed by atoms with Crippen LogP contribution in [0, 0.1) is 0 Å². The summed E-state index contributed by atoms with van der Waals surface area (Å²) in [5.41, 5.74) is 1.54. The summed E-state index contributed by atoms with van der Waals surface area (Å²) >= 11 is 3.35. The fourth-order valence-corrected chi connectivity index (χ4v) is 3.01. The van der Waals surface area contributed by atoms with Crippen molar-refractivity contribution in [2.45, 2.75) is 19.0 Å². The van der Waals surface area contributed by atoms with Gasteiger partial charge in [0.15, 0.2) is 5.78 Å². The van der Waals surface area contributed by atoms with Gasteiger partial charge in [-0.3, -0.25) is 4.79 Å². The number of aryl methyl sites for hydroxylation is 2. The lowest BCUT2D eigenvalue weighted by Gasteiger charge is -2.10. The zero-order valence-corrected chi connectivity index (χ0v) is 12.4. The molecule has 0 heterocycles. The molecule has 0 atom stereocenters. The molecule has 3 rings (SSSR count). The summed E-state index contributed by atoms with van der Waals surface area (Å²) in [6.07, 6.45) is -3.41. The highest BCUT2D eigenvalue weighted by Crippen LogP contribution is 2.33. The molecule has 2 aromatic carbocycles. The standard InChI is InChI=1S/C16H10BrF3O/c17-12-4-6-14-10(8-12)2-1-9-7-11(16(18,19)20)3-5-13(9)15(14)21/h3-8H,1-2H2. The molecule has 0 saturated heterocycles. The molecule has 0 radical (unpaired) electrons. The average molecular weight is 355 g/mol. The average Bonchev–Trinajstić information content (AvgIpc) is 2.55. The van der Waals surface area contributed by atoms with Crippen molar-refractivity contribution in [2.75, 3.05) is 0 Å². The second-order valence-electron chi connectivity index (χ2n) is 5.00. The first-order valence-corrected chi connectivity index (χ1v) is 7.19. The van der Waals surface area contributed by atoms with Crippen LogP contribution in [0.1, 0.15) is 32.6 Å². The van der Waals surface area contributed by atoms with E-state index in [-0.39, 0.29) is 5.78 Å². The van der Waals surface area contributed by atoms with Crippen molar-refractivity contribution in [2.24, 2.45) is 0 Å². The van der Waals surface area contributed by atoms with Crippen LogP contribution < -0.4 is 0 Å². The number of ketones is 1. The molecule has 0 aliphatic heterocycles. The molecule has 108 valence electrons. The molecule has 0 amide bonds. The maximum Gasteiger partial charge on any atom is 0.416 e. The quantitative estimate of drug-likeness (QED) is 0.664. The number of hydrogen-bond donors (Lipinski definition) is 0. The minimum absolute atomic E-state index is 0.210. The molecule has 2 aromatic rings. The topological polar surface area (TPSA) is 17.1 Å². The van der Waals surface area contributed by atoms with E-state index in [1.54, 1.807) is 12.1 Å². The van der Waals surface area contributed by atoms with E-state index < -0.39 is 11.7 Å². The van der Waals surface area contributed by atoms with E-state index in [0.717, 1.165) is 22.2 Å². The number of halogens is 4. The summed E-state index contributed by atoms with van der Waals surface area (Å²) < 4.78 is 39.2. The molecule has 0 spiro atoms. The molecule has 21 heavy (non-hydrogen) atoms. The number of fused-ring (bicyclic) bond motifs is 2. The molecule has 0 aromatic heterocycles. The summed E-state index contributed by atoms with van der Waals surface area (Å²) in [5.74, 6) is -0.210. The van der Waals surface area contributed by atoms with Crippen LogP contribution in [-0.4, -0.2) is 5.78 Å². The van der Waals surface area contributed by atoms with Gasteiger partial charge in [0.25, 0.3) is 0 Å². The fourth-order valence-electron chi connectivity index (χ4n) is 2.60. The Morgan fingerprint density at radius 2 is 1.48 bits per heavy atom. The van der Waals surface area contributed by atoms with Crippen LogP contribution in [0.15, 0.2) is 40.9 Å². The van der Waals surface area contributed by atoms with Crippen molar-refractivity contribution in [3.05, 3.63) is 68.7 Å². The summed E-state index contributed by atoms with van der Waals surface area (Å²) in [4.78, 5) is 12.5. The van der Waals surface area contributed by atoms with Crippen LogP contribution in [-0.2, 0) is 19.0 Å². The Bertz CT molecular complexity index is 735. The molecule has 0 fully saturated rings.